The Labute approximate surface area is 67.6 Å². The number of hydrogen-bond donors (Lipinski definition) is 2. The van der Waals surface area contributed by atoms with Gasteiger partial charge in [-0.25, -0.2) is 9.37 Å². The molecular weight excluding hydrogens is 171 g/mol. The molecule has 1 aromatic rings. The highest BCUT2D eigenvalue weighted by Crippen LogP contribution is 2.01. The van der Waals surface area contributed by atoms with Gasteiger partial charge < -0.3 is 10.0 Å². The molecule has 0 radical (unpaired) electrons. The highest BCUT2D eigenvalue weighted by atomic mass is 35.5. The van der Waals surface area contributed by atoms with Crippen molar-refractivity contribution in [2.45, 2.75) is 0 Å². The molecule has 0 aliphatic heterocycles. The molecule has 0 atom stereocenters. The van der Waals surface area contributed by atoms with E-state index in [0.717, 1.165) is 12.3 Å². The van der Waals surface area contributed by atoms with E-state index in [1.165, 1.54) is 0 Å². The lowest BCUT2D eigenvalue weighted by atomic mass is 9.82. The highest BCUT2D eigenvalue weighted by Gasteiger charge is 2.16. The first-order valence-corrected chi connectivity index (χ1v) is 3.16. The molecule has 0 spiro atoms. The van der Waals surface area contributed by atoms with Crippen molar-refractivity contribution in [3.05, 3.63) is 23.2 Å². The first-order chi connectivity index (χ1) is 5.11. The van der Waals surface area contributed by atoms with Crippen LogP contribution in [-0.2, 0) is 0 Å². The second-order valence-electron chi connectivity index (χ2n) is 1.91. The maximum Gasteiger partial charge on any atom is 0.491 e. The molecule has 0 aliphatic rings. The van der Waals surface area contributed by atoms with E-state index in [0.29, 0.717) is 0 Å². The van der Waals surface area contributed by atoms with Gasteiger partial charge in [0.2, 0.25) is 0 Å². The molecule has 1 rings (SSSR count). The largest absolute Gasteiger partial charge is 0.491 e. The van der Waals surface area contributed by atoms with Gasteiger partial charge in [-0.2, -0.15) is 0 Å². The van der Waals surface area contributed by atoms with Gasteiger partial charge in [-0.15, -0.1) is 0 Å². The van der Waals surface area contributed by atoms with Crippen LogP contribution in [0.5, 0.6) is 0 Å². The molecule has 6 heteroatoms. The summed E-state index contributed by atoms with van der Waals surface area (Å²) in [6, 6.07) is 0.917. The van der Waals surface area contributed by atoms with E-state index in [4.69, 9.17) is 21.6 Å². The van der Waals surface area contributed by atoms with Gasteiger partial charge in [-0.3, -0.25) is 0 Å². The lowest BCUT2D eigenvalue weighted by Crippen LogP contribution is -2.31. The van der Waals surface area contributed by atoms with Crippen LogP contribution in [0.15, 0.2) is 12.3 Å². The van der Waals surface area contributed by atoms with Gasteiger partial charge in [-0.1, -0.05) is 11.6 Å². The summed E-state index contributed by atoms with van der Waals surface area (Å²) in [5.41, 5.74) is -0.133. The monoisotopic (exact) mass is 175 g/mol. The van der Waals surface area contributed by atoms with Crippen molar-refractivity contribution in [1.29, 1.82) is 0 Å². The number of aromatic nitrogens is 1. The van der Waals surface area contributed by atoms with E-state index < -0.39 is 12.9 Å². The minimum absolute atomic E-state index is 0.110. The zero-order chi connectivity index (χ0) is 8.43. The maximum atomic E-state index is 12.4. The van der Waals surface area contributed by atoms with Crippen LogP contribution in [0, 0.1) is 5.82 Å². The van der Waals surface area contributed by atoms with Crippen LogP contribution < -0.4 is 5.46 Å². The third-order valence-corrected chi connectivity index (χ3v) is 1.43. The van der Waals surface area contributed by atoms with Crippen LogP contribution in [0.1, 0.15) is 0 Å². The fraction of sp³-hybridized carbons (Fsp3) is 0. The van der Waals surface area contributed by atoms with Crippen LogP contribution >= 0.6 is 11.6 Å². The quantitative estimate of drug-likeness (QED) is 0.449. The van der Waals surface area contributed by atoms with Gasteiger partial charge in [0.05, 0.1) is 6.20 Å². The Bertz CT molecular complexity index is 271. The Morgan fingerprint density at radius 2 is 2.18 bits per heavy atom. The fourth-order valence-electron chi connectivity index (χ4n) is 0.619. The average molecular weight is 175 g/mol. The van der Waals surface area contributed by atoms with Crippen LogP contribution in [0.4, 0.5) is 4.39 Å². The van der Waals surface area contributed by atoms with E-state index >= 15 is 0 Å². The molecule has 0 aromatic carbocycles. The first-order valence-electron chi connectivity index (χ1n) is 2.78. The van der Waals surface area contributed by atoms with Crippen LogP contribution in [0.3, 0.4) is 0 Å². The second kappa shape index (κ2) is 3.17. The highest BCUT2D eigenvalue weighted by molar-refractivity contribution is 6.62. The number of rotatable bonds is 1. The minimum atomic E-state index is -1.79. The molecule has 0 bridgehead atoms. The second-order valence-corrected chi connectivity index (χ2v) is 2.27. The van der Waals surface area contributed by atoms with Gasteiger partial charge in [-0.05, 0) is 6.07 Å². The van der Waals surface area contributed by atoms with Gasteiger partial charge in [0.15, 0.2) is 0 Å². The van der Waals surface area contributed by atoms with Crippen LogP contribution in [0.2, 0.25) is 5.15 Å². The fourth-order valence-corrected chi connectivity index (χ4v) is 0.820. The normalized spacial score (nSPS) is 9.82. The number of pyridine rings is 1. The molecule has 0 saturated carbocycles. The third kappa shape index (κ3) is 1.89. The third-order valence-electron chi connectivity index (χ3n) is 1.11. The Kier molecular flexibility index (Phi) is 2.43. The summed E-state index contributed by atoms with van der Waals surface area (Å²) in [5, 5.41) is 17.1. The molecule has 0 fully saturated rings. The van der Waals surface area contributed by atoms with E-state index in [1.807, 2.05) is 0 Å². The van der Waals surface area contributed by atoms with Crippen LogP contribution in [-0.4, -0.2) is 22.2 Å². The summed E-state index contributed by atoms with van der Waals surface area (Å²) >= 11 is 5.39. The summed E-state index contributed by atoms with van der Waals surface area (Å²) in [4.78, 5) is 3.37. The molecule has 2 N–H and O–H groups in total. The molecule has 3 nitrogen and oxygen atoms in total. The molecule has 0 saturated heterocycles. The minimum Gasteiger partial charge on any atom is -0.423 e. The molecule has 1 heterocycles. The zero-order valence-electron chi connectivity index (χ0n) is 5.33. The maximum absolute atomic E-state index is 12.4. The Hall–Kier alpha value is -0.645. The van der Waals surface area contributed by atoms with E-state index in [9.17, 15) is 4.39 Å². The summed E-state index contributed by atoms with van der Waals surface area (Å²) < 4.78 is 12.4. The molecule has 0 unspecified atom stereocenters. The summed E-state index contributed by atoms with van der Waals surface area (Å²) in [7, 11) is -1.79. The van der Waals surface area contributed by atoms with Crippen LogP contribution in [0.25, 0.3) is 0 Å². The molecular formula is C5H4BClFNO2. The molecule has 0 amide bonds. The van der Waals surface area contributed by atoms with Crippen molar-refractivity contribution in [2.24, 2.45) is 0 Å². The first kappa shape index (κ1) is 8.45. The Balaban J connectivity index is 3.13. The molecule has 1 aromatic heterocycles. The Morgan fingerprint density at radius 1 is 1.55 bits per heavy atom. The van der Waals surface area contributed by atoms with Crippen molar-refractivity contribution < 1.29 is 14.4 Å². The van der Waals surface area contributed by atoms with Crippen molar-refractivity contribution in [3.63, 3.8) is 0 Å². The lowest BCUT2D eigenvalue weighted by molar-refractivity contribution is 0.425. The zero-order valence-corrected chi connectivity index (χ0v) is 6.09. The van der Waals surface area contributed by atoms with Crippen molar-refractivity contribution >= 4 is 24.2 Å². The standard InChI is InChI=1S/C5H4BClFNO2/c7-5-4(6(10)11)1-3(8)2-9-5/h1-2,10-11H. The summed E-state index contributed by atoms with van der Waals surface area (Å²) in [6.07, 6.45) is 0.897. The van der Waals surface area contributed by atoms with E-state index in [2.05, 4.69) is 4.98 Å². The van der Waals surface area contributed by atoms with E-state index in [1.54, 1.807) is 0 Å². The van der Waals surface area contributed by atoms with Crippen molar-refractivity contribution in [2.75, 3.05) is 0 Å². The number of nitrogens with zero attached hydrogens (tertiary/aromatic N) is 1. The van der Waals surface area contributed by atoms with Gasteiger partial charge in [0.25, 0.3) is 0 Å². The topological polar surface area (TPSA) is 53.4 Å². The SMILES string of the molecule is OB(O)c1cc(F)cnc1Cl. The van der Waals surface area contributed by atoms with Crippen molar-refractivity contribution in [3.8, 4) is 0 Å². The van der Waals surface area contributed by atoms with Crippen molar-refractivity contribution in [1.82, 2.24) is 4.98 Å². The van der Waals surface area contributed by atoms with Gasteiger partial charge in [0, 0.05) is 5.46 Å². The van der Waals surface area contributed by atoms with Gasteiger partial charge >= 0.3 is 7.12 Å². The average Bonchev–Trinajstić information content (AvgIpc) is 1.94. The molecule has 11 heavy (non-hydrogen) atoms. The lowest BCUT2D eigenvalue weighted by Gasteiger charge is -1.99. The number of halogens is 2. The molecule has 58 valence electrons. The van der Waals surface area contributed by atoms with Gasteiger partial charge in [0.1, 0.15) is 11.0 Å². The smallest absolute Gasteiger partial charge is 0.423 e. The summed E-state index contributed by atoms with van der Waals surface area (Å²) in [5.74, 6) is -0.655. The Morgan fingerprint density at radius 3 is 2.64 bits per heavy atom. The molecule has 0 aliphatic carbocycles. The number of hydrogen-bond acceptors (Lipinski definition) is 3. The predicted octanol–water partition coefficient (Wildman–Crippen LogP) is -0.446. The predicted molar refractivity (Wildman–Crippen MR) is 39.0 cm³/mol. The summed E-state index contributed by atoms with van der Waals surface area (Å²) in [6.45, 7) is 0. The van der Waals surface area contributed by atoms with E-state index in [-0.39, 0.29) is 10.6 Å².